The second kappa shape index (κ2) is 7.87. The fraction of sp³-hybridized carbons (Fsp3) is 0.429. The summed E-state index contributed by atoms with van der Waals surface area (Å²) in [6, 6.07) is 5.17. The van der Waals surface area contributed by atoms with Crippen molar-refractivity contribution < 1.29 is 9.53 Å². The van der Waals surface area contributed by atoms with E-state index >= 15 is 0 Å². The van der Waals surface area contributed by atoms with Crippen LogP contribution in [0.1, 0.15) is 41.7 Å². The van der Waals surface area contributed by atoms with Gasteiger partial charge in [0.05, 0.1) is 22.8 Å². The Morgan fingerprint density at radius 1 is 1.32 bits per heavy atom. The fourth-order valence-electron chi connectivity index (χ4n) is 4.09. The molecule has 0 bridgehead atoms. The lowest BCUT2D eigenvalue weighted by atomic mass is 9.71. The number of nitrogens with zero attached hydrogens (tertiary/aromatic N) is 5. The van der Waals surface area contributed by atoms with E-state index in [1.165, 1.54) is 37.6 Å². The van der Waals surface area contributed by atoms with Gasteiger partial charge in [-0.3, -0.25) is 14.2 Å². The van der Waals surface area contributed by atoms with Crippen LogP contribution in [-0.2, 0) is 7.05 Å². The summed E-state index contributed by atoms with van der Waals surface area (Å²) in [5.74, 6) is 1.44. The molecule has 0 aromatic carbocycles. The van der Waals surface area contributed by atoms with Crippen LogP contribution in [0.5, 0.6) is 5.88 Å². The lowest BCUT2D eigenvalue weighted by Gasteiger charge is -2.36. The number of halogens is 1. The van der Waals surface area contributed by atoms with Gasteiger partial charge in [0.2, 0.25) is 5.88 Å². The van der Waals surface area contributed by atoms with Gasteiger partial charge in [0.1, 0.15) is 5.15 Å². The van der Waals surface area contributed by atoms with E-state index in [9.17, 15) is 4.79 Å². The van der Waals surface area contributed by atoms with E-state index in [2.05, 4.69) is 19.9 Å². The van der Waals surface area contributed by atoms with E-state index in [0.717, 1.165) is 17.2 Å². The van der Waals surface area contributed by atoms with Crippen molar-refractivity contribution in [3.05, 3.63) is 47.0 Å². The van der Waals surface area contributed by atoms with E-state index in [-0.39, 0.29) is 11.1 Å². The molecule has 31 heavy (non-hydrogen) atoms. The number of hydrogen-bond donors (Lipinski definition) is 1. The Labute approximate surface area is 189 Å². The summed E-state index contributed by atoms with van der Waals surface area (Å²) in [5, 5.41) is 8.81. The van der Waals surface area contributed by atoms with E-state index < -0.39 is 0 Å². The van der Waals surface area contributed by atoms with E-state index in [4.69, 9.17) is 16.3 Å². The highest BCUT2D eigenvalue weighted by atomic mass is 35.5. The van der Waals surface area contributed by atoms with Gasteiger partial charge in [-0.05, 0) is 68.0 Å². The quantitative estimate of drug-likeness (QED) is 0.426. The van der Waals surface area contributed by atoms with E-state index in [1.807, 2.05) is 26.2 Å². The Morgan fingerprint density at radius 2 is 2.16 bits per heavy atom. The standard InChI is InChI=1S/C21H23ClN6O2S/c1-13-16(11-27(2)24-13)31-26-20(29)15-3-4-17(23-19(15)22)28-10-6-18(25-28)30-12-14-5-7-21(14)8-9-21/h3-4,6,10-11,14H,5,7-9,12H2,1-2H3,(H,26,29). The maximum Gasteiger partial charge on any atom is 0.264 e. The van der Waals surface area contributed by atoms with Gasteiger partial charge in [-0.25, -0.2) is 9.67 Å². The molecule has 1 spiro atoms. The number of amides is 1. The lowest BCUT2D eigenvalue weighted by molar-refractivity contribution is 0.0815. The third-order valence-electron chi connectivity index (χ3n) is 6.28. The summed E-state index contributed by atoms with van der Waals surface area (Å²) < 4.78 is 12.0. The fourth-order valence-corrected chi connectivity index (χ4v) is 5.03. The number of aryl methyl sites for hydroxylation is 2. The zero-order valence-corrected chi connectivity index (χ0v) is 18.9. The molecule has 3 aromatic rings. The molecule has 3 heterocycles. The second-order valence-corrected chi connectivity index (χ2v) is 9.51. The van der Waals surface area contributed by atoms with Crippen LogP contribution in [0.3, 0.4) is 0 Å². The molecule has 3 aromatic heterocycles. The number of rotatable bonds is 7. The third kappa shape index (κ3) is 4.04. The summed E-state index contributed by atoms with van der Waals surface area (Å²) in [7, 11) is 1.83. The first kappa shape index (κ1) is 20.4. The smallest absolute Gasteiger partial charge is 0.264 e. The Balaban J connectivity index is 1.21. The van der Waals surface area contributed by atoms with E-state index in [1.54, 1.807) is 27.7 Å². The van der Waals surface area contributed by atoms with Crippen molar-refractivity contribution in [1.82, 2.24) is 29.3 Å². The number of carbonyl (C=O) groups excluding carboxylic acids is 1. The predicted octanol–water partition coefficient (Wildman–Crippen LogP) is 3.97. The summed E-state index contributed by atoms with van der Waals surface area (Å²) in [5.41, 5.74) is 1.72. The topological polar surface area (TPSA) is 86.9 Å². The molecular formula is C21H23ClN6O2S. The molecule has 1 atom stereocenters. The van der Waals surface area contributed by atoms with Gasteiger partial charge in [-0.15, -0.1) is 5.10 Å². The van der Waals surface area contributed by atoms with Gasteiger partial charge >= 0.3 is 0 Å². The van der Waals surface area contributed by atoms with Crippen molar-refractivity contribution in [2.24, 2.45) is 18.4 Å². The molecule has 2 fully saturated rings. The van der Waals surface area contributed by atoms with Crippen molar-refractivity contribution in [3.8, 4) is 11.7 Å². The van der Waals surface area contributed by atoms with Crippen LogP contribution in [-0.4, -0.2) is 37.1 Å². The first-order valence-corrected chi connectivity index (χ1v) is 11.5. The highest BCUT2D eigenvalue weighted by molar-refractivity contribution is 7.98. The van der Waals surface area contributed by atoms with Crippen LogP contribution in [0.15, 0.2) is 35.5 Å². The van der Waals surface area contributed by atoms with Gasteiger partial charge in [0, 0.05) is 25.5 Å². The summed E-state index contributed by atoms with van der Waals surface area (Å²) in [4.78, 5) is 17.7. The zero-order valence-electron chi connectivity index (χ0n) is 17.3. The maximum absolute atomic E-state index is 12.5. The molecule has 8 nitrogen and oxygen atoms in total. The predicted molar refractivity (Wildman–Crippen MR) is 118 cm³/mol. The first-order chi connectivity index (χ1) is 14.9. The molecule has 2 saturated carbocycles. The molecule has 0 aliphatic heterocycles. The van der Waals surface area contributed by atoms with Crippen LogP contribution in [0.2, 0.25) is 5.15 Å². The molecule has 2 aliphatic carbocycles. The molecule has 0 saturated heterocycles. The Hall–Kier alpha value is -2.52. The number of aromatic nitrogens is 5. The van der Waals surface area contributed by atoms with Gasteiger partial charge in [-0.1, -0.05) is 11.6 Å². The number of hydrogen-bond acceptors (Lipinski definition) is 6. The molecular weight excluding hydrogens is 436 g/mol. The average molecular weight is 459 g/mol. The normalized spacial score (nSPS) is 18.6. The average Bonchev–Trinajstić information content (AvgIpc) is 3.34. The SMILES string of the molecule is Cc1nn(C)cc1SNC(=O)c1ccc(-n2ccc(OCC3CCC34CC4)n2)nc1Cl. The van der Waals surface area contributed by atoms with Crippen molar-refractivity contribution >= 4 is 29.5 Å². The first-order valence-electron chi connectivity index (χ1n) is 10.3. The number of ether oxygens (including phenoxy) is 1. The van der Waals surface area contributed by atoms with Crippen molar-refractivity contribution in [1.29, 1.82) is 0 Å². The number of pyridine rings is 1. The third-order valence-corrected chi connectivity index (χ3v) is 7.48. The largest absolute Gasteiger partial charge is 0.476 e. The van der Waals surface area contributed by atoms with Gasteiger partial charge in [0.25, 0.3) is 5.91 Å². The molecule has 0 radical (unpaired) electrons. The molecule has 2 aliphatic rings. The minimum absolute atomic E-state index is 0.113. The van der Waals surface area contributed by atoms with Gasteiger partial charge < -0.3 is 4.74 Å². The lowest BCUT2D eigenvalue weighted by Crippen LogP contribution is -2.32. The monoisotopic (exact) mass is 458 g/mol. The Kier molecular flexibility index (Phi) is 5.18. The molecule has 1 unspecified atom stereocenters. The Bertz CT molecular complexity index is 1140. The molecule has 1 amide bonds. The Morgan fingerprint density at radius 3 is 2.81 bits per heavy atom. The maximum atomic E-state index is 12.5. The van der Waals surface area contributed by atoms with Gasteiger partial charge in [0.15, 0.2) is 5.82 Å². The van der Waals surface area contributed by atoms with Crippen LogP contribution in [0, 0.1) is 18.3 Å². The summed E-state index contributed by atoms with van der Waals surface area (Å²) in [6.45, 7) is 2.61. The second-order valence-electron chi connectivity index (χ2n) is 8.30. The molecule has 162 valence electrons. The van der Waals surface area contributed by atoms with Crippen molar-refractivity contribution in [3.63, 3.8) is 0 Å². The molecule has 5 rings (SSSR count). The zero-order chi connectivity index (χ0) is 21.6. The summed E-state index contributed by atoms with van der Waals surface area (Å²) >= 11 is 7.49. The highest BCUT2D eigenvalue weighted by Crippen LogP contribution is 2.64. The molecule has 10 heteroatoms. The minimum atomic E-state index is -0.323. The molecule has 1 N–H and O–H groups in total. The van der Waals surface area contributed by atoms with Crippen molar-refractivity contribution in [2.75, 3.05) is 6.61 Å². The highest BCUT2D eigenvalue weighted by Gasteiger charge is 2.55. The van der Waals surface area contributed by atoms with Crippen LogP contribution in [0.25, 0.3) is 5.82 Å². The van der Waals surface area contributed by atoms with Crippen LogP contribution < -0.4 is 9.46 Å². The van der Waals surface area contributed by atoms with Crippen LogP contribution >= 0.6 is 23.5 Å². The number of nitrogens with one attached hydrogen (secondary N) is 1. The van der Waals surface area contributed by atoms with Gasteiger partial charge in [-0.2, -0.15) is 5.10 Å². The summed E-state index contributed by atoms with van der Waals surface area (Å²) in [6.07, 6.45) is 8.91. The number of carbonyl (C=O) groups is 1. The minimum Gasteiger partial charge on any atom is -0.476 e. The van der Waals surface area contributed by atoms with Crippen molar-refractivity contribution in [2.45, 2.75) is 37.5 Å². The van der Waals surface area contributed by atoms with E-state index in [0.29, 0.717) is 28.6 Å². The van der Waals surface area contributed by atoms with Crippen LogP contribution in [0.4, 0.5) is 0 Å².